The zero-order valence-electron chi connectivity index (χ0n) is 19.7. The van der Waals surface area contributed by atoms with E-state index in [1.807, 2.05) is 121 Å². The molecule has 5 aromatic rings. The Labute approximate surface area is 228 Å². The van der Waals surface area contributed by atoms with Gasteiger partial charge in [-0.1, -0.05) is 72.8 Å². The van der Waals surface area contributed by atoms with E-state index in [1.54, 1.807) is 0 Å². The number of amides is 2. The number of carbonyl (C=O) groups is 2. The fourth-order valence-corrected chi connectivity index (χ4v) is 5.36. The topological polar surface area (TPSA) is 58.2 Å². The molecule has 2 amide bonds. The van der Waals surface area contributed by atoms with Gasteiger partial charge in [0.15, 0.2) is 0 Å². The highest BCUT2D eigenvalue weighted by molar-refractivity contribution is 9.10. The van der Waals surface area contributed by atoms with Crippen molar-refractivity contribution < 1.29 is 9.59 Å². The molecule has 1 unspecified atom stereocenters. The molecule has 0 saturated carbocycles. The molecule has 0 aliphatic carbocycles. The summed E-state index contributed by atoms with van der Waals surface area (Å²) in [6.45, 7) is 0. The Balaban J connectivity index is 1.31. The van der Waals surface area contributed by atoms with Gasteiger partial charge in [-0.25, -0.2) is 0 Å². The summed E-state index contributed by atoms with van der Waals surface area (Å²) < 4.78 is 0.826. The van der Waals surface area contributed by atoms with E-state index in [-0.39, 0.29) is 11.8 Å². The fraction of sp³-hybridized carbons (Fsp3) is 0.0323. The van der Waals surface area contributed by atoms with Crippen LogP contribution in [0.2, 0.25) is 0 Å². The van der Waals surface area contributed by atoms with E-state index < -0.39 is 5.25 Å². The van der Waals surface area contributed by atoms with Gasteiger partial charge in [-0.05, 0) is 80.8 Å². The highest BCUT2D eigenvalue weighted by atomic mass is 79.9. The van der Waals surface area contributed by atoms with Crippen LogP contribution in [0, 0.1) is 0 Å². The molecule has 1 atom stereocenters. The molecule has 182 valence electrons. The maximum atomic E-state index is 13.3. The molecule has 6 heteroatoms. The van der Waals surface area contributed by atoms with Gasteiger partial charge in [0.1, 0.15) is 5.25 Å². The molecule has 4 nitrogen and oxygen atoms in total. The summed E-state index contributed by atoms with van der Waals surface area (Å²) in [7, 11) is 0. The minimum absolute atomic E-state index is 0.114. The van der Waals surface area contributed by atoms with E-state index in [9.17, 15) is 9.59 Å². The minimum atomic E-state index is -0.452. The molecule has 2 N–H and O–H groups in total. The number of carbonyl (C=O) groups excluding carboxylic acids is 2. The molecule has 0 aliphatic rings. The van der Waals surface area contributed by atoms with E-state index in [0.717, 1.165) is 31.4 Å². The summed E-state index contributed by atoms with van der Waals surface area (Å²) in [5.41, 5.74) is 2.92. The highest BCUT2D eigenvalue weighted by Gasteiger charge is 2.23. The van der Waals surface area contributed by atoms with Crippen molar-refractivity contribution >= 4 is 61.7 Å². The zero-order chi connectivity index (χ0) is 25.6. The Morgan fingerprint density at radius 3 is 2.11 bits per heavy atom. The summed E-state index contributed by atoms with van der Waals surface area (Å²) in [6.07, 6.45) is 0. The summed E-state index contributed by atoms with van der Waals surface area (Å²) in [5, 5.41) is 7.66. The summed E-state index contributed by atoms with van der Waals surface area (Å²) in [5.74, 6) is -0.280. The Morgan fingerprint density at radius 1 is 0.676 bits per heavy atom. The van der Waals surface area contributed by atoms with Crippen molar-refractivity contribution in [3.8, 4) is 0 Å². The average molecular weight is 568 g/mol. The van der Waals surface area contributed by atoms with Gasteiger partial charge in [-0.2, -0.15) is 0 Å². The zero-order valence-corrected chi connectivity index (χ0v) is 22.1. The molecule has 0 saturated heterocycles. The fourth-order valence-electron chi connectivity index (χ4n) is 3.95. The molecule has 0 bridgehead atoms. The third-order valence-corrected chi connectivity index (χ3v) is 7.81. The largest absolute Gasteiger partial charge is 0.324 e. The van der Waals surface area contributed by atoms with E-state index in [0.29, 0.717) is 11.3 Å². The van der Waals surface area contributed by atoms with Gasteiger partial charge in [0.05, 0.1) is 5.69 Å². The molecule has 0 fully saturated rings. The first-order valence-corrected chi connectivity index (χ1v) is 13.4. The molecule has 0 spiro atoms. The van der Waals surface area contributed by atoms with Crippen molar-refractivity contribution in [3.63, 3.8) is 0 Å². The SMILES string of the molecule is O=C(Nc1ccc(SC(C(=O)Nc2ccccc2Br)c2ccccc2)cc1)c1ccc2ccccc2c1. The number of thioether (sulfide) groups is 1. The number of rotatable bonds is 7. The highest BCUT2D eigenvalue weighted by Crippen LogP contribution is 2.37. The number of benzene rings is 5. The molecular weight excluding hydrogens is 544 g/mol. The van der Waals surface area contributed by atoms with Crippen molar-refractivity contribution in [3.05, 3.63) is 137 Å². The van der Waals surface area contributed by atoms with Crippen LogP contribution < -0.4 is 10.6 Å². The van der Waals surface area contributed by atoms with Crippen LogP contribution in [0.3, 0.4) is 0 Å². The van der Waals surface area contributed by atoms with Gasteiger partial charge in [-0.3, -0.25) is 9.59 Å². The monoisotopic (exact) mass is 566 g/mol. The standard InChI is InChI=1S/C31H23BrN2O2S/c32-27-12-6-7-13-28(27)34-31(36)29(22-9-2-1-3-10-22)37-26-18-16-25(17-19-26)33-30(35)24-15-14-21-8-4-5-11-23(21)20-24/h1-20,29H,(H,33,35)(H,34,36). The molecule has 0 heterocycles. The van der Waals surface area contributed by atoms with Crippen LogP contribution in [0.1, 0.15) is 21.2 Å². The second-order valence-electron chi connectivity index (χ2n) is 8.42. The van der Waals surface area contributed by atoms with Crippen LogP contribution in [-0.4, -0.2) is 11.8 Å². The lowest BCUT2D eigenvalue weighted by molar-refractivity contribution is -0.115. The van der Waals surface area contributed by atoms with E-state index >= 15 is 0 Å². The third kappa shape index (κ3) is 6.10. The van der Waals surface area contributed by atoms with Crippen LogP contribution in [-0.2, 0) is 4.79 Å². The molecule has 37 heavy (non-hydrogen) atoms. The van der Waals surface area contributed by atoms with Crippen molar-refractivity contribution in [2.45, 2.75) is 10.1 Å². The minimum Gasteiger partial charge on any atom is -0.324 e. The Bertz CT molecular complexity index is 1560. The van der Waals surface area contributed by atoms with Crippen LogP contribution in [0.4, 0.5) is 11.4 Å². The number of para-hydroxylation sites is 1. The molecule has 5 aromatic carbocycles. The number of fused-ring (bicyclic) bond motifs is 1. The number of nitrogens with one attached hydrogen (secondary N) is 2. The second-order valence-corrected chi connectivity index (χ2v) is 10.5. The Kier molecular flexibility index (Phi) is 7.68. The Morgan fingerprint density at radius 2 is 1.35 bits per heavy atom. The summed E-state index contributed by atoms with van der Waals surface area (Å²) >= 11 is 4.96. The van der Waals surface area contributed by atoms with Crippen LogP contribution >= 0.6 is 27.7 Å². The lowest BCUT2D eigenvalue weighted by Crippen LogP contribution is -2.19. The molecule has 5 rings (SSSR count). The van der Waals surface area contributed by atoms with Crippen LogP contribution in [0.15, 0.2) is 131 Å². The van der Waals surface area contributed by atoms with E-state index in [4.69, 9.17) is 0 Å². The van der Waals surface area contributed by atoms with Gasteiger partial charge in [0, 0.05) is 20.6 Å². The number of anilines is 2. The lowest BCUT2D eigenvalue weighted by atomic mass is 10.1. The number of hydrogen-bond acceptors (Lipinski definition) is 3. The van der Waals surface area contributed by atoms with E-state index in [1.165, 1.54) is 11.8 Å². The van der Waals surface area contributed by atoms with Crippen molar-refractivity contribution in [2.75, 3.05) is 10.6 Å². The molecular formula is C31H23BrN2O2S. The van der Waals surface area contributed by atoms with Gasteiger partial charge in [0.25, 0.3) is 5.91 Å². The number of hydrogen-bond donors (Lipinski definition) is 2. The quantitative estimate of drug-likeness (QED) is 0.195. The van der Waals surface area contributed by atoms with Gasteiger partial charge in [-0.15, -0.1) is 11.8 Å². The van der Waals surface area contributed by atoms with Gasteiger partial charge >= 0.3 is 0 Å². The maximum absolute atomic E-state index is 13.3. The lowest BCUT2D eigenvalue weighted by Gasteiger charge is -2.18. The molecule has 0 aromatic heterocycles. The van der Waals surface area contributed by atoms with Crippen LogP contribution in [0.5, 0.6) is 0 Å². The first-order valence-electron chi connectivity index (χ1n) is 11.7. The summed E-state index contributed by atoms with van der Waals surface area (Å²) in [4.78, 5) is 27.1. The van der Waals surface area contributed by atoms with E-state index in [2.05, 4.69) is 26.6 Å². The average Bonchev–Trinajstić information content (AvgIpc) is 2.94. The summed E-state index contributed by atoms with van der Waals surface area (Å²) in [6, 6.07) is 38.4. The first-order chi connectivity index (χ1) is 18.1. The van der Waals surface area contributed by atoms with Gasteiger partial charge in [0.2, 0.25) is 5.91 Å². The Hall–Kier alpha value is -3.87. The molecule has 0 radical (unpaired) electrons. The van der Waals surface area contributed by atoms with Crippen molar-refractivity contribution in [1.82, 2.24) is 0 Å². The second kappa shape index (κ2) is 11.5. The normalized spacial score (nSPS) is 11.6. The van der Waals surface area contributed by atoms with Crippen molar-refractivity contribution in [1.29, 1.82) is 0 Å². The predicted octanol–water partition coefficient (Wildman–Crippen LogP) is 8.33. The third-order valence-electron chi connectivity index (χ3n) is 5.85. The van der Waals surface area contributed by atoms with Crippen molar-refractivity contribution in [2.24, 2.45) is 0 Å². The maximum Gasteiger partial charge on any atom is 0.255 e. The number of halogens is 1. The van der Waals surface area contributed by atoms with Crippen LogP contribution in [0.25, 0.3) is 10.8 Å². The van der Waals surface area contributed by atoms with Gasteiger partial charge < -0.3 is 10.6 Å². The smallest absolute Gasteiger partial charge is 0.255 e. The first kappa shape index (κ1) is 24.8. The molecule has 0 aliphatic heterocycles. The predicted molar refractivity (Wildman–Crippen MR) is 156 cm³/mol.